The fraction of sp³-hybridized carbons (Fsp3) is 0.458. The molecule has 58 heavy (non-hydrogen) atoms. The molecule has 4 atom stereocenters. The second-order valence-corrected chi connectivity index (χ2v) is 17.4. The van der Waals surface area contributed by atoms with Gasteiger partial charge in [-0.15, -0.1) is 0 Å². The van der Waals surface area contributed by atoms with Gasteiger partial charge < -0.3 is 20.1 Å². The van der Waals surface area contributed by atoms with E-state index in [-0.39, 0.29) is 53.6 Å². The topological polar surface area (TPSA) is 133 Å². The molecule has 0 spiro atoms. The van der Waals surface area contributed by atoms with Crippen molar-refractivity contribution in [1.82, 2.24) is 25.1 Å². The summed E-state index contributed by atoms with van der Waals surface area (Å²) in [7, 11) is 0. The van der Waals surface area contributed by atoms with Crippen LogP contribution in [0.2, 0.25) is 0 Å². The van der Waals surface area contributed by atoms with Crippen molar-refractivity contribution in [2.24, 2.45) is 17.8 Å². The Morgan fingerprint density at radius 2 is 1.36 bits per heavy atom. The van der Waals surface area contributed by atoms with E-state index in [1.54, 1.807) is 4.90 Å². The molecule has 2 N–H and O–H groups in total. The van der Waals surface area contributed by atoms with Gasteiger partial charge in [-0.25, -0.2) is 4.98 Å². The highest BCUT2D eigenvalue weighted by molar-refractivity contribution is 5.96. The molecule has 0 bridgehead atoms. The van der Waals surface area contributed by atoms with Crippen LogP contribution in [-0.2, 0) is 24.0 Å². The Morgan fingerprint density at radius 1 is 0.707 bits per heavy atom. The molecule has 300 valence electrons. The molecule has 1 aromatic heterocycles. The lowest BCUT2D eigenvalue weighted by molar-refractivity contribution is -0.140. The van der Waals surface area contributed by atoms with E-state index in [0.717, 1.165) is 86.0 Å². The van der Waals surface area contributed by atoms with Gasteiger partial charge in [0.1, 0.15) is 17.6 Å². The van der Waals surface area contributed by atoms with Crippen LogP contribution in [0, 0.1) is 17.8 Å². The van der Waals surface area contributed by atoms with Crippen LogP contribution in [0.4, 0.5) is 0 Å². The van der Waals surface area contributed by atoms with Gasteiger partial charge >= 0.3 is 0 Å². The van der Waals surface area contributed by atoms with Gasteiger partial charge in [-0.3, -0.25) is 24.0 Å². The van der Waals surface area contributed by atoms with E-state index >= 15 is 0 Å². The van der Waals surface area contributed by atoms with Crippen molar-refractivity contribution >= 4 is 29.3 Å². The molecular formula is C48H53N5O5. The molecule has 3 aliphatic carbocycles. The lowest BCUT2D eigenvalue weighted by atomic mass is 9.69. The number of H-pyrrole nitrogens is 1. The number of nitrogens with zero attached hydrogens (tertiary/aromatic N) is 3. The van der Waals surface area contributed by atoms with Gasteiger partial charge in [-0.1, -0.05) is 84.9 Å². The number of nitrogens with one attached hydrogen (secondary N) is 2. The number of hydrogen-bond acceptors (Lipinski definition) is 6. The van der Waals surface area contributed by atoms with E-state index in [0.29, 0.717) is 37.8 Å². The maximum atomic E-state index is 14.1. The smallest absolute Gasteiger partial charge is 0.250 e. The Kier molecular flexibility index (Phi) is 10.8. The lowest BCUT2D eigenvalue weighted by Crippen LogP contribution is -2.44. The first-order chi connectivity index (χ1) is 28.3. The van der Waals surface area contributed by atoms with Crippen molar-refractivity contribution in [3.05, 3.63) is 114 Å². The highest BCUT2D eigenvalue weighted by atomic mass is 16.2. The molecule has 3 saturated carbocycles. The highest BCUT2D eigenvalue weighted by Gasteiger charge is 2.42. The number of Topliss-reactive ketones (excluding diaryl/α,β-unsaturated/α-hetero) is 2. The lowest BCUT2D eigenvalue weighted by Gasteiger charge is -2.37. The largest absolute Gasteiger partial charge is 0.340 e. The molecule has 3 aromatic carbocycles. The number of ketones is 2. The zero-order chi connectivity index (χ0) is 39.8. The van der Waals surface area contributed by atoms with Crippen LogP contribution in [0.5, 0.6) is 0 Å². The third-order valence-electron chi connectivity index (χ3n) is 13.3. The average molecular weight is 780 g/mol. The zero-order valence-electron chi connectivity index (χ0n) is 33.1. The maximum absolute atomic E-state index is 14.1. The van der Waals surface area contributed by atoms with E-state index in [1.807, 2.05) is 71.8 Å². The molecule has 5 fully saturated rings. The minimum Gasteiger partial charge on any atom is -0.340 e. The number of imidazole rings is 1. The Labute approximate surface area is 340 Å². The third-order valence-corrected chi connectivity index (χ3v) is 13.3. The quantitative estimate of drug-likeness (QED) is 0.128. The molecule has 0 unspecified atom stereocenters. The van der Waals surface area contributed by atoms with Gasteiger partial charge in [0, 0.05) is 37.8 Å². The molecule has 3 amide bonds. The fourth-order valence-corrected chi connectivity index (χ4v) is 9.57. The second kappa shape index (κ2) is 16.5. The molecule has 10 heteroatoms. The van der Waals surface area contributed by atoms with E-state index in [9.17, 15) is 24.0 Å². The summed E-state index contributed by atoms with van der Waals surface area (Å²) >= 11 is 0. The average Bonchev–Trinajstić information content (AvgIpc) is 4.11. The van der Waals surface area contributed by atoms with E-state index in [1.165, 1.54) is 5.56 Å². The number of likely N-dealkylation sites (tertiary alicyclic amines) is 2. The minimum absolute atomic E-state index is 0.00360. The van der Waals surface area contributed by atoms with Crippen molar-refractivity contribution in [2.45, 2.75) is 107 Å². The van der Waals surface area contributed by atoms with Crippen LogP contribution in [0.1, 0.15) is 123 Å². The van der Waals surface area contributed by atoms with Crippen LogP contribution >= 0.6 is 0 Å². The summed E-state index contributed by atoms with van der Waals surface area (Å²) in [6.07, 6.45) is 11.2. The minimum atomic E-state index is -0.727. The molecule has 2 aliphatic heterocycles. The molecule has 0 radical (unpaired) electrons. The van der Waals surface area contributed by atoms with Gasteiger partial charge in [0.25, 0.3) is 0 Å². The summed E-state index contributed by atoms with van der Waals surface area (Å²) in [6, 6.07) is 26.3. The number of carbonyl (C=O) groups is 5. The van der Waals surface area contributed by atoms with E-state index in [2.05, 4.69) is 34.6 Å². The van der Waals surface area contributed by atoms with Gasteiger partial charge in [-0.2, -0.15) is 0 Å². The summed E-state index contributed by atoms with van der Waals surface area (Å²) in [4.78, 5) is 79.4. The first-order valence-electron chi connectivity index (χ1n) is 21.5. The van der Waals surface area contributed by atoms with Gasteiger partial charge in [0.05, 0.1) is 29.9 Å². The SMILES string of the molecule is O=C(C[C@@H](C(=O)N1CCC[C@H]1C(=O)CC1CC(c2ccc(-c3cnc([C@@H]4CCCN4C(=O)[C@H](NC(=O)C4CC4)c4ccccc4)[nH]3)cc2)C1)c1ccccc1)C1CC1. The number of carbonyl (C=O) groups excluding carboxylic acids is 5. The first kappa shape index (κ1) is 38.2. The van der Waals surface area contributed by atoms with Crippen LogP contribution in [-0.4, -0.2) is 68.2 Å². The molecule has 5 aliphatic rings. The molecule has 2 saturated heterocycles. The number of rotatable bonds is 15. The molecule has 3 heterocycles. The Morgan fingerprint density at radius 3 is 2.05 bits per heavy atom. The van der Waals surface area contributed by atoms with E-state index in [4.69, 9.17) is 4.98 Å². The molecule has 10 nitrogen and oxygen atoms in total. The number of aromatic amines is 1. The van der Waals surface area contributed by atoms with Crippen molar-refractivity contribution in [3.8, 4) is 11.3 Å². The zero-order valence-corrected chi connectivity index (χ0v) is 33.1. The first-order valence-corrected chi connectivity index (χ1v) is 21.5. The predicted octanol–water partition coefficient (Wildman–Crippen LogP) is 7.60. The van der Waals surface area contributed by atoms with Crippen LogP contribution < -0.4 is 5.32 Å². The third kappa shape index (κ3) is 8.16. The number of benzene rings is 3. The monoisotopic (exact) mass is 779 g/mol. The number of amides is 3. The predicted molar refractivity (Wildman–Crippen MR) is 219 cm³/mol. The Hall–Kier alpha value is -5.38. The van der Waals surface area contributed by atoms with Crippen molar-refractivity contribution in [3.63, 3.8) is 0 Å². The summed E-state index contributed by atoms with van der Waals surface area (Å²) in [5, 5.41) is 3.05. The standard InChI is InChI=1S/C48H53N5O5/c54-42(34-19-20-34)28-38(32-9-3-1-4-10-32)47(57)52-23-7-13-40(52)43(55)27-30-25-37(26-30)31-15-17-33(18-16-31)39-29-49-45(50-39)41-14-8-24-53(41)48(58)44(35-11-5-2-6-12-35)51-46(56)36-21-22-36/h1-6,9-12,15-18,29-30,34,36-38,40-41,44H,7-8,13-14,19-28H2,(H,49,50)(H,51,56)/t30?,37?,38-,40+,41+,44-/m1/s1. The summed E-state index contributed by atoms with van der Waals surface area (Å²) in [6.45, 7) is 1.18. The number of aromatic nitrogens is 2. The second-order valence-electron chi connectivity index (χ2n) is 17.4. The van der Waals surface area contributed by atoms with Crippen LogP contribution in [0.15, 0.2) is 91.1 Å². The van der Waals surface area contributed by atoms with Gasteiger partial charge in [0.2, 0.25) is 17.7 Å². The van der Waals surface area contributed by atoms with Crippen molar-refractivity contribution < 1.29 is 24.0 Å². The van der Waals surface area contributed by atoms with Crippen molar-refractivity contribution in [1.29, 1.82) is 0 Å². The Bertz CT molecular complexity index is 2140. The number of hydrogen-bond donors (Lipinski definition) is 2. The molecule has 9 rings (SSSR count). The van der Waals surface area contributed by atoms with Crippen molar-refractivity contribution in [2.75, 3.05) is 13.1 Å². The van der Waals surface area contributed by atoms with Gasteiger partial charge in [-0.05, 0) is 98.3 Å². The summed E-state index contributed by atoms with van der Waals surface area (Å²) in [5.74, 6) is 1.09. The van der Waals surface area contributed by atoms with Gasteiger partial charge in [0.15, 0.2) is 5.78 Å². The molecular weight excluding hydrogens is 727 g/mol. The Balaban J connectivity index is 0.796. The van der Waals surface area contributed by atoms with E-state index < -0.39 is 18.0 Å². The fourth-order valence-electron chi connectivity index (χ4n) is 9.57. The van der Waals surface area contributed by atoms with Crippen LogP contribution in [0.3, 0.4) is 0 Å². The molecule has 4 aromatic rings. The maximum Gasteiger partial charge on any atom is 0.250 e. The summed E-state index contributed by atoms with van der Waals surface area (Å²) < 4.78 is 0. The van der Waals surface area contributed by atoms with Crippen LogP contribution in [0.25, 0.3) is 11.3 Å². The summed E-state index contributed by atoms with van der Waals surface area (Å²) in [5.41, 5.74) is 4.80. The highest BCUT2D eigenvalue weighted by Crippen LogP contribution is 2.45. The normalized spacial score (nSPS) is 23.9.